The van der Waals surface area contributed by atoms with Gasteiger partial charge in [0.25, 0.3) is 5.91 Å². The van der Waals surface area contributed by atoms with Crippen molar-refractivity contribution in [2.75, 3.05) is 39.5 Å². The largest absolute Gasteiger partial charge is 0.378 e. The summed E-state index contributed by atoms with van der Waals surface area (Å²) in [6.07, 6.45) is 0. The molecular weight excluding hydrogens is 286 g/mol. The maximum atomic E-state index is 11.9. The number of ether oxygens (including phenoxy) is 2. The number of amides is 1. The van der Waals surface area contributed by atoms with Crippen molar-refractivity contribution in [3.63, 3.8) is 0 Å². The highest BCUT2D eigenvalue weighted by atomic mass is 16.5. The normalized spacial score (nSPS) is 10.0. The molecule has 3 N–H and O–H groups in total. The van der Waals surface area contributed by atoms with Gasteiger partial charge in [0.1, 0.15) is 0 Å². The summed E-state index contributed by atoms with van der Waals surface area (Å²) in [5.74, 6) is -0.168. The highest BCUT2D eigenvalue weighted by Crippen LogP contribution is 2.05. The highest BCUT2D eigenvalue weighted by Gasteiger charge is 2.04. The third kappa shape index (κ3) is 7.61. The molecule has 120 valence electrons. The van der Waals surface area contributed by atoms with Gasteiger partial charge in [0.2, 0.25) is 0 Å². The van der Waals surface area contributed by atoms with Crippen molar-refractivity contribution < 1.29 is 14.3 Å². The molecule has 0 saturated carbocycles. The molecule has 0 saturated heterocycles. The molecule has 1 rings (SSSR count). The van der Waals surface area contributed by atoms with Crippen LogP contribution in [0, 0.1) is 0 Å². The Bertz CT molecular complexity index is 486. The van der Waals surface area contributed by atoms with Crippen molar-refractivity contribution in [2.24, 2.45) is 10.8 Å². The molecule has 0 bridgehead atoms. The Balaban J connectivity index is 2.18. The Hall–Kier alpha value is -2.12. The maximum Gasteiger partial charge on any atom is 0.251 e. The number of carbonyl (C=O) groups excluding carboxylic acids is 1. The van der Waals surface area contributed by atoms with Crippen LogP contribution in [0.2, 0.25) is 0 Å². The minimum Gasteiger partial charge on any atom is -0.378 e. The summed E-state index contributed by atoms with van der Waals surface area (Å²) in [5, 5.41) is 6.22. The number of nitrogens with zero attached hydrogens (tertiary/aromatic N) is 3. The van der Waals surface area contributed by atoms with Crippen molar-refractivity contribution in [1.82, 2.24) is 5.32 Å². The van der Waals surface area contributed by atoms with Crippen molar-refractivity contribution in [1.29, 1.82) is 0 Å². The van der Waals surface area contributed by atoms with Crippen LogP contribution in [-0.4, -0.2) is 45.4 Å². The summed E-state index contributed by atoms with van der Waals surface area (Å²) >= 11 is 0. The van der Waals surface area contributed by atoms with Gasteiger partial charge in [-0.15, -0.1) is 0 Å². The molecule has 22 heavy (non-hydrogen) atoms. The fraction of sp³-hybridized carbons (Fsp3) is 0.500. The zero-order chi connectivity index (χ0) is 16.0. The molecule has 0 heterocycles. The lowest BCUT2D eigenvalue weighted by atomic mass is 10.1. The summed E-state index contributed by atoms with van der Waals surface area (Å²) < 4.78 is 10.5. The average molecular weight is 307 g/mol. The molecule has 0 atom stereocenters. The lowest BCUT2D eigenvalue weighted by Gasteiger charge is -2.07. The first-order valence-electron chi connectivity index (χ1n) is 7.01. The third-order valence-corrected chi connectivity index (χ3v) is 2.70. The number of nitrogens with one attached hydrogen (secondary N) is 1. The van der Waals surface area contributed by atoms with Crippen LogP contribution in [0.1, 0.15) is 15.9 Å². The fourth-order valence-corrected chi connectivity index (χ4v) is 1.62. The SMILES string of the molecule is [N-]=[N+]=NCc1ccc(C(=O)NCCOCCOCCN)cc1. The smallest absolute Gasteiger partial charge is 0.251 e. The van der Waals surface area contributed by atoms with E-state index in [9.17, 15) is 4.79 Å². The molecule has 1 amide bonds. The van der Waals surface area contributed by atoms with E-state index in [4.69, 9.17) is 20.7 Å². The summed E-state index contributed by atoms with van der Waals surface area (Å²) in [5.41, 5.74) is 14.9. The molecule has 0 aliphatic heterocycles. The van der Waals surface area contributed by atoms with Crippen molar-refractivity contribution >= 4 is 5.91 Å². The third-order valence-electron chi connectivity index (χ3n) is 2.70. The molecule has 0 aromatic heterocycles. The minimum absolute atomic E-state index is 0.168. The number of carbonyl (C=O) groups is 1. The zero-order valence-corrected chi connectivity index (χ0v) is 12.4. The molecular formula is C14H21N5O3. The van der Waals surface area contributed by atoms with Crippen LogP contribution < -0.4 is 11.1 Å². The highest BCUT2D eigenvalue weighted by molar-refractivity contribution is 5.94. The predicted octanol–water partition coefficient (Wildman–Crippen LogP) is 1.22. The van der Waals surface area contributed by atoms with Crippen LogP contribution in [0.4, 0.5) is 0 Å². The van der Waals surface area contributed by atoms with Crippen LogP contribution in [0.15, 0.2) is 29.4 Å². The maximum absolute atomic E-state index is 11.9. The quantitative estimate of drug-likeness (QED) is 0.276. The molecule has 8 heteroatoms. The van der Waals surface area contributed by atoms with Crippen LogP contribution in [0.25, 0.3) is 10.4 Å². The summed E-state index contributed by atoms with van der Waals surface area (Å²) in [4.78, 5) is 14.5. The Kier molecular flexibility index (Phi) is 9.40. The van der Waals surface area contributed by atoms with Gasteiger partial charge < -0.3 is 20.5 Å². The fourth-order valence-electron chi connectivity index (χ4n) is 1.62. The van der Waals surface area contributed by atoms with E-state index in [1.165, 1.54) is 0 Å². The Morgan fingerprint density at radius 1 is 1.18 bits per heavy atom. The van der Waals surface area contributed by atoms with E-state index in [-0.39, 0.29) is 12.5 Å². The number of benzene rings is 1. The Morgan fingerprint density at radius 2 is 1.86 bits per heavy atom. The van der Waals surface area contributed by atoms with Crippen LogP contribution in [0.5, 0.6) is 0 Å². The van der Waals surface area contributed by atoms with E-state index in [0.717, 1.165) is 5.56 Å². The topological polar surface area (TPSA) is 122 Å². The molecule has 1 aromatic rings. The van der Waals surface area contributed by atoms with E-state index in [1.54, 1.807) is 24.3 Å². The van der Waals surface area contributed by atoms with E-state index < -0.39 is 0 Å². The molecule has 0 radical (unpaired) electrons. The average Bonchev–Trinajstić information content (AvgIpc) is 2.55. The number of azide groups is 1. The van der Waals surface area contributed by atoms with Gasteiger partial charge in [-0.2, -0.15) is 0 Å². The van der Waals surface area contributed by atoms with Crippen LogP contribution in [0.3, 0.4) is 0 Å². The van der Waals surface area contributed by atoms with Gasteiger partial charge >= 0.3 is 0 Å². The van der Waals surface area contributed by atoms with Crippen LogP contribution >= 0.6 is 0 Å². The Morgan fingerprint density at radius 3 is 2.50 bits per heavy atom. The first-order chi connectivity index (χ1) is 10.8. The summed E-state index contributed by atoms with van der Waals surface area (Å²) in [7, 11) is 0. The molecule has 0 fully saturated rings. The van der Waals surface area contributed by atoms with Crippen molar-refractivity contribution in [3.8, 4) is 0 Å². The van der Waals surface area contributed by atoms with Crippen LogP contribution in [-0.2, 0) is 16.0 Å². The van der Waals surface area contributed by atoms with Gasteiger partial charge in [-0.3, -0.25) is 4.79 Å². The number of nitrogens with two attached hydrogens (primary N) is 1. The second-order valence-corrected chi connectivity index (χ2v) is 4.36. The zero-order valence-electron chi connectivity index (χ0n) is 12.4. The molecule has 0 spiro atoms. The monoisotopic (exact) mass is 307 g/mol. The standard InChI is InChI=1S/C14H21N5O3/c15-5-7-21-9-10-22-8-6-17-14(20)13-3-1-12(2-4-13)11-18-19-16/h1-4H,5-11,15H2,(H,17,20). The molecule has 0 unspecified atom stereocenters. The van der Waals surface area contributed by atoms with E-state index in [0.29, 0.717) is 45.1 Å². The van der Waals surface area contributed by atoms with E-state index in [2.05, 4.69) is 15.3 Å². The van der Waals surface area contributed by atoms with Crippen molar-refractivity contribution in [3.05, 3.63) is 45.8 Å². The first kappa shape index (κ1) is 17.9. The van der Waals surface area contributed by atoms with Gasteiger partial charge in [-0.1, -0.05) is 17.2 Å². The number of hydrogen-bond donors (Lipinski definition) is 2. The molecule has 1 aromatic carbocycles. The minimum atomic E-state index is -0.168. The number of hydrogen-bond acceptors (Lipinski definition) is 5. The van der Waals surface area contributed by atoms with Gasteiger partial charge in [0.05, 0.1) is 33.0 Å². The molecule has 8 nitrogen and oxygen atoms in total. The lowest BCUT2D eigenvalue weighted by Crippen LogP contribution is -2.27. The Labute approximate surface area is 129 Å². The lowest BCUT2D eigenvalue weighted by molar-refractivity contribution is 0.0511. The molecule has 0 aliphatic carbocycles. The van der Waals surface area contributed by atoms with Gasteiger partial charge in [0, 0.05) is 23.6 Å². The first-order valence-corrected chi connectivity index (χ1v) is 7.01. The molecule has 0 aliphatic rings. The van der Waals surface area contributed by atoms with E-state index in [1.807, 2.05) is 0 Å². The summed E-state index contributed by atoms with van der Waals surface area (Å²) in [6.45, 7) is 3.12. The second-order valence-electron chi connectivity index (χ2n) is 4.36. The number of rotatable bonds is 11. The van der Waals surface area contributed by atoms with E-state index >= 15 is 0 Å². The summed E-state index contributed by atoms with van der Waals surface area (Å²) in [6, 6.07) is 6.90. The van der Waals surface area contributed by atoms with Gasteiger partial charge in [-0.05, 0) is 23.2 Å². The second kappa shape index (κ2) is 11.5. The predicted molar refractivity (Wildman–Crippen MR) is 82.3 cm³/mol. The van der Waals surface area contributed by atoms with Crippen molar-refractivity contribution in [2.45, 2.75) is 6.54 Å². The van der Waals surface area contributed by atoms with Gasteiger partial charge in [0.15, 0.2) is 0 Å². The van der Waals surface area contributed by atoms with Gasteiger partial charge in [-0.25, -0.2) is 0 Å².